The van der Waals surface area contributed by atoms with Crippen LogP contribution in [0.4, 0.5) is 10.8 Å². The fraction of sp³-hybridized carbons (Fsp3) is 0.150. The number of hydrogen-bond acceptors (Lipinski definition) is 10. The van der Waals surface area contributed by atoms with Crippen LogP contribution in [0.2, 0.25) is 0 Å². The van der Waals surface area contributed by atoms with Crippen LogP contribution in [-0.2, 0) is 19.5 Å². The Labute approximate surface area is 192 Å². The van der Waals surface area contributed by atoms with E-state index in [9.17, 15) is 22.8 Å². The maximum atomic E-state index is 12.8. The zero-order valence-electron chi connectivity index (χ0n) is 17.6. The molecule has 0 spiro atoms. The number of rotatable bonds is 7. The molecule has 0 aliphatic rings. The number of nitrogens with zero attached hydrogens (tertiary/aromatic N) is 2. The molecule has 0 aliphatic heterocycles. The van der Waals surface area contributed by atoms with Gasteiger partial charge < -0.3 is 9.47 Å². The molecule has 0 unspecified atom stereocenters. The summed E-state index contributed by atoms with van der Waals surface area (Å²) in [5.41, 5.74) is 1.11. The minimum atomic E-state index is -4.26. The van der Waals surface area contributed by atoms with Crippen molar-refractivity contribution in [1.82, 2.24) is 10.2 Å². The summed E-state index contributed by atoms with van der Waals surface area (Å²) in [6, 6.07) is 10.4. The van der Waals surface area contributed by atoms with Crippen LogP contribution in [0.3, 0.4) is 0 Å². The Hall–Kier alpha value is -3.84. The van der Waals surface area contributed by atoms with E-state index in [2.05, 4.69) is 29.7 Å². The number of esters is 2. The molecule has 0 saturated carbocycles. The second-order valence-electron chi connectivity index (χ2n) is 6.58. The van der Waals surface area contributed by atoms with E-state index in [0.717, 1.165) is 19.8 Å². The van der Waals surface area contributed by atoms with Gasteiger partial charge in [-0.15, -0.1) is 10.2 Å². The minimum Gasteiger partial charge on any atom is -0.465 e. The van der Waals surface area contributed by atoms with Crippen LogP contribution in [0, 0.1) is 6.92 Å². The monoisotopic (exact) mass is 490 g/mol. The van der Waals surface area contributed by atoms with Crippen molar-refractivity contribution >= 4 is 50.0 Å². The first-order valence-electron chi connectivity index (χ1n) is 9.19. The Morgan fingerprint density at radius 2 is 1.45 bits per heavy atom. The summed E-state index contributed by atoms with van der Waals surface area (Å²) in [5.74, 6) is -2.03. The van der Waals surface area contributed by atoms with Crippen LogP contribution in [0.5, 0.6) is 0 Å². The summed E-state index contributed by atoms with van der Waals surface area (Å²) in [7, 11) is -1.97. The summed E-state index contributed by atoms with van der Waals surface area (Å²) in [6.07, 6.45) is 0. The highest BCUT2D eigenvalue weighted by atomic mass is 32.2. The molecular formula is C20H18N4O7S2. The molecule has 1 heterocycles. The summed E-state index contributed by atoms with van der Waals surface area (Å²) in [5, 5.41) is 9.77. The number of nitrogens with one attached hydrogen (secondary N) is 2. The highest BCUT2D eigenvalue weighted by Crippen LogP contribution is 2.25. The van der Waals surface area contributed by atoms with Crippen LogP contribution in [-0.4, -0.2) is 50.7 Å². The van der Waals surface area contributed by atoms with E-state index in [1.807, 2.05) is 6.92 Å². The van der Waals surface area contributed by atoms with Gasteiger partial charge in [0.25, 0.3) is 20.3 Å². The number of benzene rings is 2. The van der Waals surface area contributed by atoms with Gasteiger partial charge in [0.15, 0.2) is 0 Å². The minimum absolute atomic E-state index is 0.0282. The van der Waals surface area contributed by atoms with Gasteiger partial charge in [0, 0.05) is 5.56 Å². The summed E-state index contributed by atoms with van der Waals surface area (Å²) >= 11 is 0.627. The molecule has 11 nitrogen and oxygen atoms in total. The van der Waals surface area contributed by atoms with Crippen LogP contribution in [0.25, 0.3) is 0 Å². The van der Waals surface area contributed by atoms with Crippen molar-refractivity contribution in [3.05, 3.63) is 64.7 Å². The second kappa shape index (κ2) is 9.75. The van der Waals surface area contributed by atoms with Crippen molar-refractivity contribution in [3.63, 3.8) is 0 Å². The van der Waals surface area contributed by atoms with Gasteiger partial charge in [0.1, 0.15) is 0 Å². The van der Waals surface area contributed by atoms with Gasteiger partial charge in [-0.2, -0.15) is 8.42 Å². The van der Waals surface area contributed by atoms with Gasteiger partial charge >= 0.3 is 11.9 Å². The van der Waals surface area contributed by atoms with Gasteiger partial charge in [0.2, 0.25) is 5.13 Å². The van der Waals surface area contributed by atoms with E-state index in [4.69, 9.17) is 0 Å². The zero-order chi connectivity index (χ0) is 24.2. The number of sulfonamides is 1. The number of amides is 1. The van der Waals surface area contributed by atoms with E-state index >= 15 is 0 Å². The Morgan fingerprint density at radius 3 is 2.00 bits per heavy atom. The summed E-state index contributed by atoms with van der Waals surface area (Å²) in [4.78, 5) is 36.1. The van der Waals surface area contributed by atoms with Crippen molar-refractivity contribution < 1.29 is 32.3 Å². The SMILES string of the molecule is COC(=O)c1cc(NS(=O)(=O)c2nnc(NC(=O)c3ccc(C)cc3)s2)cc(C(=O)OC)c1. The van der Waals surface area contributed by atoms with Crippen molar-refractivity contribution in [2.24, 2.45) is 0 Å². The third kappa shape index (κ3) is 5.70. The Kier molecular flexibility index (Phi) is 7.04. The molecule has 0 atom stereocenters. The molecule has 2 aromatic carbocycles. The van der Waals surface area contributed by atoms with Gasteiger partial charge in [-0.25, -0.2) is 9.59 Å². The van der Waals surface area contributed by atoms with E-state index < -0.39 is 32.2 Å². The molecule has 3 aromatic rings. The van der Waals surface area contributed by atoms with E-state index in [-0.39, 0.29) is 21.9 Å². The molecule has 0 radical (unpaired) electrons. The van der Waals surface area contributed by atoms with Crippen LogP contribution < -0.4 is 10.0 Å². The maximum absolute atomic E-state index is 12.8. The van der Waals surface area contributed by atoms with Crippen LogP contribution in [0.15, 0.2) is 46.8 Å². The number of ether oxygens (including phenoxy) is 2. The number of carbonyl (C=O) groups excluding carboxylic acids is 3. The molecule has 0 aliphatic carbocycles. The average Bonchev–Trinajstić information content (AvgIpc) is 3.27. The second-order valence-corrected chi connectivity index (χ2v) is 9.41. The molecule has 0 saturated heterocycles. The highest BCUT2D eigenvalue weighted by Gasteiger charge is 2.23. The van der Waals surface area contributed by atoms with Crippen molar-refractivity contribution in [1.29, 1.82) is 0 Å². The first-order valence-corrected chi connectivity index (χ1v) is 11.5. The first kappa shape index (κ1) is 23.8. The normalized spacial score (nSPS) is 10.9. The highest BCUT2D eigenvalue weighted by molar-refractivity contribution is 7.94. The smallest absolute Gasteiger partial charge is 0.337 e. The lowest BCUT2D eigenvalue weighted by molar-refractivity contribution is 0.0599. The predicted molar refractivity (Wildman–Crippen MR) is 119 cm³/mol. The molecule has 1 aromatic heterocycles. The average molecular weight is 491 g/mol. The molecule has 0 bridgehead atoms. The molecule has 1 amide bonds. The topological polar surface area (TPSA) is 154 Å². The van der Waals surface area contributed by atoms with E-state index in [0.29, 0.717) is 16.9 Å². The number of aromatic nitrogens is 2. The number of aryl methyl sites for hydroxylation is 1. The third-order valence-corrected chi connectivity index (χ3v) is 6.79. The molecule has 0 fully saturated rings. The molecule has 3 rings (SSSR count). The van der Waals surface area contributed by atoms with Crippen LogP contribution in [0.1, 0.15) is 36.6 Å². The van der Waals surface area contributed by atoms with Crippen molar-refractivity contribution in [2.45, 2.75) is 11.3 Å². The first-order chi connectivity index (χ1) is 15.6. The molecule has 2 N–H and O–H groups in total. The predicted octanol–water partition coefficient (Wildman–Crippen LogP) is 2.47. The van der Waals surface area contributed by atoms with Gasteiger partial charge in [-0.3, -0.25) is 14.8 Å². The number of hydrogen-bond donors (Lipinski definition) is 2. The number of anilines is 2. The van der Waals surface area contributed by atoms with Crippen molar-refractivity contribution in [2.75, 3.05) is 24.3 Å². The Bertz CT molecular complexity index is 1280. The Morgan fingerprint density at radius 1 is 0.879 bits per heavy atom. The number of carbonyl (C=O) groups is 3. The van der Waals surface area contributed by atoms with Gasteiger partial charge in [0.05, 0.1) is 31.0 Å². The molecule has 13 heteroatoms. The standard InChI is InChI=1S/C20H18N4O7S2/c1-11-4-6-12(7-5-11)16(25)21-19-22-23-20(32-19)33(28,29)24-15-9-13(17(26)30-2)8-14(10-15)18(27)31-3/h4-10,24H,1-3H3,(H,21,22,25). The Balaban J connectivity index is 1.83. The zero-order valence-corrected chi connectivity index (χ0v) is 19.2. The lowest BCUT2D eigenvalue weighted by Crippen LogP contribution is -2.15. The fourth-order valence-electron chi connectivity index (χ4n) is 2.60. The van der Waals surface area contributed by atoms with Gasteiger partial charge in [-0.1, -0.05) is 29.0 Å². The molecule has 172 valence electrons. The molecular weight excluding hydrogens is 472 g/mol. The molecule has 33 heavy (non-hydrogen) atoms. The third-order valence-electron chi connectivity index (χ3n) is 4.20. The largest absolute Gasteiger partial charge is 0.465 e. The van der Waals surface area contributed by atoms with Crippen molar-refractivity contribution in [3.8, 4) is 0 Å². The summed E-state index contributed by atoms with van der Waals surface area (Å²) in [6.45, 7) is 1.88. The van der Waals surface area contributed by atoms with E-state index in [1.54, 1.807) is 24.3 Å². The fourth-order valence-corrected chi connectivity index (χ4v) is 4.54. The van der Waals surface area contributed by atoms with Gasteiger partial charge in [-0.05, 0) is 37.3 Å². The lowest BCUT2D eigenvalue weighted by atomic mass is 10.1. The lowest BCUT2D eigenvalue weighted by Gasteiger charge is -2.09. The quantitative estimate of drug-likeness (QED) is 0.375. The van der Waals surface area contributed by atoms with Crippen LogP contribution >= 0.6 is 11.3 Å². The summed E-state index contributed by atoms with van der Waals surface area (Å²) < 4.78 is 36.6. The van der Waals surface area contributed by atoms with E-state index in [1.165, 1.54) is 18.2 Å². The number of methoxy groups -OCH3 is 2. The maximum Gasteiger partial charge on any atom is 0.337 e.